The van der Waals surface area contributed by atoms with Gasteiger partial charge in [0.15, 0.2) is 0 Å². The lowest BCUT2D eigenvalue weighted by atomic mass is 9.97. The van der Waals surface area contributed by atoms with Crippen LogP contribution in [0.2, 0.25) is 0 Å². The van der Waals surface area contributed by atoms with E-state index < -0.39 is 5.60 Å². The van der Waals surface area contributed by atoms with Crippen LogP contribution in [0.4, 0.5) is 0 Å². The Morgan fingerprint density at radius 2 is 1.78 bits per heavy atom. The first-order valence-electron chi connectivity index (χ1n) is 3.24. The van der Waals surface area contributed by atoms with Crippen LogP contribution >= 0.6 is 0 Å². The van der Waals surface area contributed by atoms with Crippen molar-refractivity contribution >= 4 is 0 Å². The van der Waals surface area contributed by atoms with E-state index in [9.17, 15) is 5.11 Å². The second-order valence-corrected chi connectivity index (χ2v) is 3.76. The van der Waals surface area contributed by atoms with Gasteiger partial charge in [-0.05, 0) is 27.7 Å². The van der Waals surface area contributed by atoms with Gasteiger partial charge in [0.2, 0.25) is 0 Å². The third kappa shape index (κ3) is 1.25. The van der Waals surface area contributed by atoms with Crippen molar-refractivity contribution in [1.82, 2.24) is 0 Å². The molecule has 1 aliphatic heterocycles. The lowest BCUT2D eigenvalue weighted by Crippen LogP contribution is -2.30. The molecule has 0 aromatic rings. The highest BCUT2D eigenvalue weighted by Gasteiger charge is 2.55. The van der Waals surface area contributed by atoms with Crippen molar-refractivity contribution in [3.05, 3.63) is 0 Å². The van der Waals surface area contributed by atoms with E-state index in [1.54, 1.807) is 13.8 Å². The maximum Gasteiger partial charge on any atom is 0.115 e. The Morgan fingerprint density at radius 1 is 1.44 bits per heavy atom. The summed E-state index contributed by atoms with van der Waals surface area (Å²) in [6.07, 6.45) is 0.0185. The average Bonchev–Trinajstić information content (AvgIpc) is 2.10. The molecule has 0 amide bonds. The number of aliphatic hydroxyl groups is 1. The van der Waals surface area contributed by atoms with Crippen LogP contribution in [-0.4, -0.2) is 22.4 Å². The zero-order chi connectivity index (χ0) is 7.28. The lowest BCUT2D eigenvalue weighted by Gasteiger charge is -2.14. The molecule has 1 aliphatic rings. The van der Waals surface area contributed by atoms with E-state index in [-0.39, 0.29) is 11.7 Å². The van der Waals surface area contributed by atoms with E-state index in [1.807, 2.05) is 13.8 Å². The van der Waals surface area contributed by atoms with Crippen LogP contribution in [0.3, 0.4) is 0 Å². The summed E-state index contributed by atoms with van der Waals surface area (Å²) in [5.41, 5.74) is -0.776. The highest BCUT2D eigenvalue weighted by Crippen LogP contribution is 2.42. The van der Waals surface area contributed by atoms with Crippen molar-refractivity contribution in [3.8, 4) is 0 Å². The van der Waals surface area contributed by atoms with E-state index in [2.05, 4.69) is 0 Å². The Morgan fingerprint density at radius 3 is 1.78 bits per heavy atom. The van der Waals surface area contributed by atoms with Crippen molar-refractivity contribution in [2.24, 2.45) is 0 Å². The molecule has 0 bridgehead atoms. The smallest absolute Gasteiger partial charge is 0.115 e. The quantitative estimate of drug-likeness (QED) is 0.536. The van der Waals surface area contributed by atoms with Gasteiger partial charge >= 0.3 is 0 Å². The zero-order valence-electron chi connectivity index (χ0n) is 6.43. The van der Waals surface area contributed by atoms with Gasteiger partial charge < -0.3 is 9.84 Å². The van der Waals surface area contributed by atoms with Gasteiger partial charge in [0, 0.05) is 0 Å². The molecule has 2 heteroatoms. The summed E-state index contributed by atoms with van der Waals surface area (Å²) in [4.78, 5) is 0. The molecule has 1 N–H and O–H groups in total. The molecule has 2 nitrogen and oxygen atoms in total. The lowest BCUT2D eigenvalue weighted by molar-refractivity contribution is 0.0482. The largest absolute Gasteiger partial charge is 0.388 e. The summed E-state index contributed by atoms with van der Waals surface area (Å²) >= 11 is 0. The fourth-order valence-electron chi connectivity index (χ4n) is 1.26. The van der Waals surface area contributed by atoms with Crippen LogP contribution in [0, 0.1) is 0 Å². The second kappa shape index (κ2) is 1.50. The molecule has 1 heterocycles. The number of ether oxygens (including phenoxy) is 1. The molecular formula is C7H14O2. The van der Waals surface area contributed by atoms with Crippen LogP contribution in [0.15, 0.2) is 0 Å². The van der Waals surface area contributed by atoms with Crippen molar-refractivity contribution < 1.29 is 9.84 Å². The molecule has 1 atom stereocenters. The topological polar surface area (TPSA) is 32.8 Å². The molecule has 0 aliphatic carbocycles. The molecule has 0 aromatic heterocycles. The Balaban J connectivity index is 2.52. The van der Waals surface area contributed by atoms with Crippen molar-refractivity contribution in [3.63, 3.8) is 0 Å². The van der Waals surface area contributed by atoms with E-state index >= 15 is 0 Å². The summed E-state index contributed by atoms with van der Waals surface area (Å²) in [6.45, 7) is 7.50. The molecule has 0 unspecified atom stereocenters. The molecule has 1 rings (SSSR count). The van der Waals surface area contributed by atoms with Gasteiger partial charge in [-0.3, -0.25) is 0 Å². The summed E-state index contributed by atoms with van der Waals surface area (Å²) in [5, 5.41) is 9.37. The van der Waals surface area contributed by atoms with Crippen molar-refractivity contribution in [2.75, 3.05) is 0 Å². The molecule has 1 saturated heterocycles. The number of rotatable bonds is 1. The highest BCUT2D eigenvalue weighted by atomic mass is 16.6. The highest BCUT2D eigenvalue weighted by molar-refractivity contribution is 5.03. The SMILES string of the molecule is CC(C)(O)[C@H]1OC1(C)C. The molecule has 54 valence electrons. The van der Waals surface area contributed by atoms with E-state index in [0.717, 1.165) is 0 Å². The Labute approximate surface area is 55.8 Å². The van der Waals surface area contributed by atoms with E-state index in [1.165, 1.54) is 0 Å². The minimum absolute atomic E-state index is 0.0185. The van der Waals surface area contributed by atoms with Crippen LogP contribution in [-0.2, 0) is 4.74 Å². The van der Waals surface area contributed by atoms with Crippen LogP contribution < -0.4 is 0 Å². The Hall–Kier alpha value is -0.0800. The number of hydrogen-bond donors (Lipinski definition) is 1. The standard InChI is InChI=1S/C7H14O2/c1-6(2,8)5-7(3,4)9-5/h5,8H,1-4H3/t5-/m1/s1. The third-order valence-electron chi connectivity index (χ3n) is 1.64. The van der Waals surface area contributed by atoms with Crippen LogP contribution in [0.1, 0.15) is 27.7 Å². The molecule has 1 fully saturated rings. The van der Waals surface area contributed by atoms with E-state index in [4.69, 9.17) is 4.74 Å². The average molecular weight is 130 g/mol. The fourth-order valence-corrected chi connectivity index (χ4v) is 1.26. The van der Waals surface area contributed by atoms with Crippen LogP contribution in [0.5, 0.6) is 0 Å². The van der Waals surface area contributed by atoms with Crippen LogP contribution in [0.25, 0.3) is 0 Å². The van der Waals surface area contributed by atoms with Gasteiger partial charge in [0.05, 0.1) is 11.2 Å². The molecule has 0 spiro atoms. The Kier molecular flexibility index (Phi) is 1.17. The molecule has 9 heavy (non-hydrogen) atoms. The minimum atomic E-state index is -0.677. The molecule has 0 radical (unpaired) electrons. The second-order valence-electron chi connectivity index (χ2n) is 3.76. The zero-order valence-corrected chi connectivity index (χ0v) is 6.43. The van der Waals surface area contributed by atoms with Gasteiger partial charge in [-0.2, -0.15) is 0 Å². The monoisotopic (exact) mass is 130 g/mol. The van der Waals surface area contributed by atoms with Crippen molar-refractivity contribution in [1.29, 1.82) is 0 Å². The molecular weight excluding hydrogens is 116 g/mol. The summed E-state index contributed by atoms with van der Waals surface area (Å²) in [7, 11) is 0. The van der Waals surface area contributed by atoms with Gasteiger partial charge in [-0.1, -0.05) is 0 Å². The van der Waals surface area contributed by atoms with E-state index in [0.29, 0.717) is 0 Å². The van der Waals surface area contributed by atoms with Gasteiger partial charge in [0.25, 0.3) is 0 Å². The predicted molar refractivity (Wildman–Crippen MR) is 35.2 cm³/mol. The maximum atomic E-state index is 9.37. The number of hydrogen-bond acceptors (Lipinski definition) is 2. The fraction of sp³-hybridized carbons (Fsp3) is 1.00. The Bertz CT molecular complexity index is 121. The van der Waals surface area contributed by atoms with Gasteiger partial charge in [-0.15, -0.1) is 0 Å². The normalized spacial score (nSPS) is 32.3. The summed E-state index contributed by atoms with van der Waals surface area (Å²) in [5.74, 6) is 0. The first kappa shape index (κ1) is 7.03. The minimum Gasteiger partial charge on any atom is -0.388 e. The summed E-state index contributed by atoms with van der Waals surface area (Å²) in [6, 6.07) is 0. The van der Waals surface area contributed by atoms with Crippen molar-refractivity contribution in [2.45, 2.75) is 45.0 Å². The van der Waals surface area contributed by atoms with Gasteiger partial charge in [0.1, 0.15) is 6.10 Å². The first-order chi connectivity index (χ1) is 3.84. The predicted octanol–water partition coefficient (Wildman–Crippen LogP) is 0.935. The third-order valence-corrected chi connectivity index (χ3v) is 1.64. The number of epoxide rings is 1. The van der Waals surface area contributed by atoms with Gasteiger partial charge in [-0.25, -0.2) is 0 Å². The molecule has 0 saturated carbocycles. The first-order valence-corrected chi connectivity index (χ1v) is 3.24. The maximum absolute atomic E-state index is 9.37. The summed E-state index contributed by atoms with van der Waals surface area (Å²) < 4.78 is 5.22. The molecule has 0 aromatic carbocycles.